The highest BCUT2D eigenvalue weighted by Crippen LogP contribution is 2.05. The molecule has 0 bridgehead atoms. The molecule has 12 heavy (non-hydrogen) atoms. The summed E-state index contributed by atoms with van der Waals surface area (Å²) in [6.07, 6.45) is 1.14. The van der Waals surface area contributed by atoms with Crippen molar-refractivity contribution < 1.29 is 12.8 Å². The lowest BCUT2D eigenvalue weighted by molar-refractivity contribution is 0.600. The lowest BCUT2D eigenvalue weighted by atomic mass is 10.2. The third-order valence-corrected chi connectivity index (χ3v) is 2.13. The number of hydrogen-bond donors (Lipinski definition) is 0. The van der Waals surface area contributed by atoms with E-state index in [2.05, 4.69) is 6.07 Å². The summed E-state index contributed by atoms with van der Waals surface area (Å²) >= 11 is 0. The molecule has 1 aromatic rings. The van der Waals surface area contributed by atoms with Crippen molar-refractivity contribution in [3.05, 3.63) is 35.6 Å². The Labute approximate surface area is 71.0 Å². The summed E-state index contributed by atoms with van der Waals surface area (Å²) in [5.41, 5.74) is 0.555. The van der Waals surface area contributed by atoms with Crippen LogP contribution >= 0.6 is 0 Å². The van der Waals surface area contributed by atoms with Gasteiger partial charge in [0.1, 0.15) is 5.82 Å². The first-order valence-corrected chi connectivity index (χ1v) is 5.37. The summed E-state index contributed by atoms with van der Waals surface area (Å²) in [4.78, 5) is 0. The maximum atomic E-state index is 12.3. The second kappa shape index (κ2) is 3.23. The maximum Gasteiger partial charge on any atom is 0.151 e. The monoisotopic (exact) mass is 187 g/mol. The van der Waals surface area contributed by atoms with E-state index in [9.17, 15) is 12.8 Å². The Balaban J connectivity index is 2.85. The molecule has 0 aliphatic carbocycles. The van der Waals surface area contributed by atoms with Gasteiger partial charge in [-0.2, -0.15) is 0 Å². The molecule has 0 N–H and O–H groups in total. The third kappa shape index (κ3) is 3.00. The number of rotatable bonds is 2. The Morgan fingerprint density at radius 1 is 1.50 bits per heavy atom. The van der Waals surface area contributed by atoms with E-state index in [0.29, 0.717) is 5.56 Å². The van der Waals surface area contributed by atoms with Crippen molar-refractivity contribution in [2.45, 2.75) is 5.75 Å². The fraction of sp³-hybridized carbons (Fsp3) is 0.250. The van der Waals surface area contributed by atoms with E-state index in [4.69, 9.17) is 0 Å². The Kier molecular flexibility index (Phi) is 2.47. The first-order chi connectivity index (χ1) is 5.47. The lowest BCUT2D eigenvalue weighted by Gasteiger charge is -1.97. The SMILES string of the molecule is CS(=O)(=O)Cc1c[c]c(F)cc1. The van der Waals surface area contributed by atoms with Crippen molar-refractivity contribution in [2.24, 2.45) is 0 Å². The van der Waals surface area contributed by atoms with Crippen LogP contribution in [0.3, 0.4) is 0 Å². The molecule has 0 aliphatic rings. The van der Waals surface area contributed by atoms with Gasteiger partial charge in [0, 0.05) is 12.3 Å². The van der Waals surface area contributed by atoms with Crippen molar-refractivity contribution in [3.8, 4) is 0 Å². The van der Waals surface area contributed by atoms with Crippen LogP contribution in [-0.4, -0.2) is 14.7 Å². The summed E-state index contributed by atoms with van der Waals surface area (Å²) < 4.78 is 33.9. The second-order valence-electron chi connectivity index (χ2n) is 2.61. The smallest absolute Gasteiger partial charge is 0.151 e. The van der Waals surface area contributed by atoms with Gasteiger partial charge in [0.15, 0.2) is 9.84 Å². The van der Waals surface area contributed by atoms with Gasteiger partial charge in [0.2, 0.25) is 0 Å². The predicted molar refractivity (Wildman–Crippen MR) is 43.8 cm³/mol. The van der Waals surface area contributed by atoms with Crippen LogP contribution in [0, 0.1) is 11.9 Å². The molecule has 0 saturated carbocycles. The Morgan fingerprint density at radius 2 is 2.17 bits per heavy atom. The summed E-state index contributed by atoms with van der Waals surface area (Å²) in [7, 11) is -3.03. The zero-order valence-electron chi connectivity index (χ0n) is 6.54. The summed E-state index contributed by atoms with van der Waals surface area (Å²) in [6.45, 7) is 0. The first-order valence-electron chi connectivity index (χ1n) is 3.31. The van der Waals surface area contributed by atoms with Crippen molar-refractivity contribution >= 4 is 9.84 Å². The molecule has 1 radical (unpaired) electrons. The average molecular weight is 187 g/mol. The highest BCUT2D eigenvalue weighted by Gasteiger charge is 2.03. The molecule has 65 valence electrons. The standard InChI is InChI=1S/C8H8FO2S/c1-12(10,11)6-7-2-4-8(9)5-3-7/h2-4H,6H2,1H3. The van der Waals surface area contributed by atoms with Crippen LogP contribution in [0.4, 0.5) is 4.39 Å². The van der Waals surface area contributed by atoms with E-state index in [1.165, 1.54) is 18.2 Å². The third-order valence-electron chi connectivity index (χ3n) is 1.27. The number of benzene rings is 1. The van der Waals surface area contributed by atoms with Gasteiger partial charge in [0.25, 0.3) is 0 Å². The van der Waals surface area contributed by atoms with Gasteiger partial charge in [0.05, 0.1) is 5.75 Å². The van der Waals surface area contributed by atoms with Crippen LogP contribution in [0.1, 0.15) is 5.56 Å². The predicted octanol–water partition coefficient (Wildman–Crippen LogP) is 1.17. The van der Waals surface area contributed by atoms with Gasteiger partial charge in [-0.25, -0.2) is 12.8 Å². The van der Waals surface area contributed by atoms with E-state index in [1.54, 1.807) is 0 Å². The van der Waals surface area contributed by atoms with Crippen LogP contribution in [0.5, 0.6) is 0 Å². The minimum absolute atomic E-state index is 0.0657. The molecule has 0 amide bonds. The van der Waals surface area contributed by atoms with Crippen LogP contribution in [0.25, 0.3) is 0 Å². The quantitative estimate of drug-likeness (QED) is 0.696. The minimum Gasteiger partial charge on any atom is -0.229 e. The number of hydrogen-bond acceptors (Lipinski definition) is 2. The summed E-state index contributed by atoms with van der Waals surface area (Å²) in [6, 6.07) is 6.27. The van der Waals surface area contributed by atoms with Crippen molar-refractivity contribution in [1.82, 2.24) is 0 Å². The molecule has 1 rings (SSSR count). The highest BCUT2D eigenvalue weighted by molar-refractivity contribution is 7.89. The fourth-order valence-electron chi connectivity index (χ4n) is 0.831. The molecule has 0 aliphatic heterocycles. The van der Waals surface area contributed by atoms with Gasteiger partial charge in [-0.15, -0.1) is 0 Å². The number of sulfone groups is 1. The highest BCUT2D eigenvalue weighted by atomic mass is 32.2. The molecule has 4 heteroatoms. The van der Waals surface area contributed by atoms with E-state index >= 15 is 0 Å². The molecule has 0 unspecified atom stereocenters. The summed E-state index contributed by atoms with van der Waals surface area (Å²) in [5.74, 6) is -0.545. The maximum absolute atomic E-state index is 12.3. The Bertz CT molecular complexity index is 353. The molecular weight excluding hydrogens is 179 g/mol. The lowest BCUT2D eigenvalue weighted by Crippen LogP contribution is -2.00. The molecule has 0 spiro atoms. The van der Waals surface area contributed by atoms with Gasteiger partial charge >= 0.3 is 0 Å². The molecule has 2 nitrogen and oxygen atoms in total. The molecule has 0 fully saturated rings. The van der Waals surface area contributed by atoms with Crippen molar-refractivity contribution in [1.29, 1.82) is 0 Å². The van der Waals surface area contributed by atoms with Crippen molar-refractivity contribution in [3.63, 3.8) is 0 Å². The van der Waals surface area contributed by atoms with Crippen LogP contribution in [0.15, 0.2) is 18.2 Å². The van der Waals surface area contributed by atoms with Crippen LogP contribution in [0.2, 0.25) is 0 Å². The molecule has 0 heterocycles. The molecule has 0 saturated heterocycles. The fourth-order valence-corrected chi connectivity index (χ4v) is 1.62. The molecule has 0 atom stereocenters. The van der Waals surface area contributed by atoms with Crippen LogP contribution in [-0.2, 0) is 15.6 Å². The normalized spacial score (nSPS) is 11.5. The Hall–Kier alpha value is -0.900. The molecular formula is C8H8FO2S. The topological polar surface area (TPSA) is 34.1 Å². The van der Waals surface area contributed by atoms with Gasteiger partial charge in [-0.3, -0.25) is 0 Å². The van der Waals surface area contributed by atoms with E-state index in [1.807, 2.05) is 0 Å². The first kappa shape index (κ1) is 9.19. The Morgan fingerprint density at radius 3 is 2.58 bits per heavy atom. The van der Waals surface area contributed by atoms with Crippen LogP contribution < -0.4 is 0 Å². The van der Waals surface area contributed by atoms with E-state index in [0.717, 1.165) is 6.26 Å². The second-order valence-corrected chi connectivity index (χ2v) is 4.76. The number of halogens is 1. The zero-order valence-corrected chi connectivity index (χ0v) is 7.36. The van der Waals surface area contributed by atoms with E-state index < -0.39 is 15.7 Å². The largest absolute Gasteiger partial charge is 0.229 e. The van der Waals surface area contributed by atoms with Gasteiger partial charge in [-0.1, -0.05) is 6.07 Å². The summed E-state index contributed by atoms with van der Waals surface area (Å²) in [5, 5.41) is 0. The van der Waals surface area contributed by atoms with Gasteiger partial charge in [-0.05, 0) is 17.7 Å². The molecule has 0 aromatic heterocycles. The minimum atomic E-state index is -3.03. The molecule has 1 aromatic carbocycles. The van der Waals surface area contributed by atoms with Gasteiger partial charge < -0.3 is 0 Å². The van der Waals surface area contributed by atoms with E-state index in [-0.39, 0.29) is 5.75 Å². The van der Waals surface area contributed by atoms with Crippen molar-refractivity contribution in [2.75, 3.05) is 6.26 Å². The zero-order chi connectivity index (χ0) is 9.19. The average Bonchev–Trinajstić information content (AvgIpc) is 1.91.